The molecule has 0 aliphatic heterocycles. The molecular formula is C56H92N2. The Bertz CT molecular complexity index is 1260. The first-order chi connectivity index (χ1) is 28.8. The van der Waals surface area contributed by atoms with Crippen molar-refractivity contribution in [2.24, 2.45) is 82.9 Å². The van der Waals surface area contributed by atoms with Crippen molar-refractivity contribution >= 4 is 0 Å². The first kappa shape index (κ1) is 39.5. The molecule has 0 saturated heterocycles. The summed E-state index contributed by atoms with van der Waals surface area (Å²) in [5, 5.41) is 0. The third kappa shape index (κ3) is 7.12. The van der Waals surface area contributed by atoms with E-state index in [1.165, 1.54) is 38.5 Å². The minimum atomic E-state index is 0.930. The molecule has 12 aliphatic rings. The number of hydrogen-bond donors (Lipinski definition) is 0. The minimum Gasteiger partial charge on any atom is -0.294 e. The van der Waals surface area contributed by atoms with Gasteiger partial charge in [-0.3, -0.25) is 9.80 Å². The molecule has 0 spiro atoms. The fourth-order valence-corrected chi connectivity index (χ4v) is 21.3. The van der Waals surface area contributed by atoms with Crippen molar-refractivity contribution in [3.8, 4) is 0 Å². The Hall–Kier alpha value is -0.0800. The van der Waals surface area contributed by atoms with Gasteiger partial charge in [-0.25, -0.2) is 0 Å². The van der Waals surface area contributed by atoms with Gasteiger partial charge in [0.1, 0.15) is 0 Å². The summed E-state index contributed by atoms with van der Waals surface area (Å²) >= 11 is 0. The summed E-state index contributed by atoms with van der Waals surface area (Å²) in [5.41, 5.74) is 0. The van der Waals surface area contributed by atoms with E-state index in [2.05, 4.69) is 9.80 Å². The number of hydrogen-bond acceptors (Lipinski definition) is 2. The monoisotopic (exact) mass is 793 g/mol. The van der Waals surface area contributed by atoms with Gasteiger partial charge in [-0.1, -0.05) is 116 Å². The fourth-order valence-electron chi connectivity index (χ4n) is 21.3. The average molecular weight is 793 g/mol. The van der Waals surface area contributed by atoms with E-state index in [0.29, 0.717) is 0 Å². The summed E-state index contributed by atoms with van der Waals surface area (Å²) in [7, 11) is 0. The lowest BCUT2D eigenvalue weighted by Crippen LogP contribution is -2.66. The second kappa shape index (κ2) is 17.1. The quantitative estimate of drug-likeness (QED) is 0.264. The molecule has 12 aliphatic carbocycles. The zero-order valence-electron chi connectivity index (χ0n) is 37.9. The van der Waals surface area contributed by atoms with Gasteiger partial charge in [-0.05, 0) is 198 Å². The largest absolute Gasteiger partial charge is 0.294 e. The highest BCUT2D eigenvalue weighted by atomic mass is 15.2. The third-order valence-electron chi connectivity index (χ3n) is 23.3. The fraction of sp³-hybridized carbons (Fsp3) is 1.00. The van der Waals surface area contributed by atoms with Crippen LogP contribution in [0.25, 0.3) is 0 Å². The molecule has 0 radical (unpaired) electrons. The average Bonchev–Trinajstić information content (AvgIpc) is 3.28. The van der Waals surface area contributed by atoms with Gasteiger partial charge < -0.3 is 0 Å². The second-order valence-electron chi connectivity index (χ2n) is 25.3. The maximum Gasteiger partial charge on any atom is 0.0132 e. The summed E-state index contributed by atoms with van der Waals surface area (Å²) in [4.78, 5) is 7.09. The van der Waals surface area contributed by atoms with Crippen LogP contribution in [0.3, 0.4) is 0 Å². The lowest BCUT2D eigenvalue weighted by atomic mass is 9.46. The highest BCUT2D eigenvalue weighted by Crippen LogP contribution is 2.63. The van der Waals surface area contributed by atoms with Crippen molar-refractivity contribution in [3.63, 3.8) is 0 Å². The van der Waals surface area contributed by atoms with Gasteiger partial charge in [0.2, 0.25) is 0 Å². The topological polar surface area (TPSA) is 6.48 Å². The zero-order chi connectivity index (χ0) is 38.2. The van der Waals surface area contributed by atoms with Gasteiger partial charge in [0.05, 0.1) is 0 Å². The number of fused-ring (bicyclic) bond motifs is 4. The molecule has 0 aromatic rings. The van der Waals surface area contributed by atoms with Crippen LogP contribution in [-0.4, -0.2) is 46.1 Å². The summed E-state index contributed by atoms with van der Waals surface area (Å²) in [6, 6.07) is 5.64. The van der Waals surface area contributed by atoms with E-state index in [1.54, 1.807) is 193 Å². The maximum atomic E-state index is 3.54. The summed E-state index contributed by atoms with van der Waals surface area (Å²) in [5.74, 6) is 15.1. The van der Waals surface area contributed by atoms with Crippen molar-refractivity contribution in [2.45, 2.75) is 267 Å². The SMILES string of the molecule is C1CCC(N(C2CCCC3CC4CCCCC4CC32)C2CCC3CCC4CCC(N(C5CCCCC5)C5CCCC6CC7CCCCC7CC65)C5CCC2C3C45)CC1. The van der Waals surface area contributed by atoms with E-state index in [9.17, 15) is 0 Å². The van der Waals surface area contributed by atoms with Crippen LogP contribution in [0.15, 0.2) is 0 Å². The number of rotatable bonds is 6. The van der Waals surface area contributed by atoms with Gasteiger partial charge in [0, 0.05) is 36.3 Å². The van der Waals surface area contributed by atoms with Crippen molar-refractivity contribution in [3.05, 3.63) is 0 Å². The molecule has 0 heterocycles. The van der Waals surface area contributed by atoms with Crippen LogP contribution < -0.4 is 0 Å². The Kier molecular flexibility index (Phi) is 11.7. The first-order valence-corrected chi connectivity index (χ1v) is 28.3. The molecule has 0 bridgehead atoms. The lowest BCUT2D eigenvalue weighted by molar-refractivity contribution is -0.161. The van der Waals surface area contributed by atoms with Crippen LogP contribution in [0.1, 0.15) is 231 Å². The molecule has 18 atom stereocenters. The van der Waals surface area contributed by atoms with Crippen molar-refractivity contribution in [2.75, 3.05) is 0 Å². The van der Waals surface area contributed by atoms with Crippen molar-refractivity contribution in [1.29, 1.82) is 0 Å². The predicted molar refractivity (Wildman–Crippen MR) is 241 cm³/mol. The molecule has 12 fully saturated rings. The Morgan fingerprint density at radius 3 is 0.983 bits per heavy atom. The van der Waals surface area contributed by atoms with Gasteiger partial charge >= 0.3 is 0 Å². The predicted octanol–water partition coefficient (Wildman–Crippen LogP) is 14.6. The second-order valence-corrected chi connectivity index (χ2v) is 25.3. The van der Waals surface area contributed by atoms with Gasteiger partial charge in [0.25, 0.3) is 0 Å². The van der Waals surface area contributed by atoms with Crippen LogP contribution in [0.5, 0.6) is 0 Å². The van der Waals surface area contributed by atoms with E-state index in [4.69, 9.17) is 0 Å². The molecule has 326 valence electrons. The summed E-state index contributed by atoms with van der Waals surface area (Å²) < 4.78 is 0. The Morgan fingerprint density at radius 1 is 0.207 bits per heavy atom. The van der Waals surface area contributed by atoms with E-state index in [0.717, 1.165) is 119 Å². The minimum absolute atomic E-state index is 0.930. The van der Waals surface area contributed by atoms with E-state index < -0.39 is 0 Å². The van der Waals surface area contributed by atoms with Crippen LogP contribution in [0.4, 0.5) is 0 Å². The maximum absolute atomic E-state index is 3.54. The molecule has 2 nitrogen and oxygen atoms in total. The normalized spacial score (nSPS) is 51.2. The summed E-state index contributed by atoms with van der Waals surface area (Å²) in [6.45, 7) is 0. The Labute approximate surface area is 358 Å². The zero-order valence-corrected chi connectivity index (χ0v) is 37.9. The molecule has 58 heavy (non-hydrogen) atoms. The van der Waals surface area contributed by atoms with E-state index >= 15 is 0 Å². The molecule has 12 rings (SSSR count). The molecule has 12 saturated carbocycles. The first-order valence-electron chi connectivity index (χ1n) is 28.3. The Morgan fingerprint density at radius 2 is 0.552 bits per heavy atom. The summed E-state index contributed by atoms with van der Waals surface area (Å²) in [6.07, 6.45) is 56.9. The van der Waals surface area contributed by atoms with E-state index in [-0.39, 0.29) is 0 Å². The highest BCUT2D eigenvalue weighted by Gasteiger charge is 2.60. The lowest BCUT2D eigenvalue weighted by Gasteiger charge is -2.65. The van der Waals surface area contributed by atoms with Crippen LogP contribution >= 0.6 is 0 Å². The molecule has 0 N–H and O–H groups in total. The third-order valence-corrected chi connectivity index (χ3v) is 23.3. The molecule has 0 aromatic heterocycles. The van der Waals surface area contributed by atoms with Gasteiger partial charge in [-0.15, -0.1) is 0 Å². The molecule has 0 amide bonds. The van der Waals surface area contributed by atoms with Crippen LogP contribution in [0, 0.1) is 82.9 Å². The Balaban J connectivity index is 0.850. The molecule has 0 aromatic carbocycles. The standard InChI is InChI=1S/C56H92N2/c1-3-19-45(20-4-1)57(51-23-11-17-43-33-39-13-7-9-15-41(39)35-49(43)51)53-31-27-37-25-26-38-28-32-54(48-30-29-47(53)55(37)56(38)48)58(46-21-5-2-6-22-46)52-24-12-18-44-34-40-14-8-10-16-42(40)36-50(44)52/h37-56H,1-36H2. The smallest absolute Gasteiger partial charge is 0.0132 e. The van der Waals surface area contributed by atoms with E-state index in [1.807, 2.05) is 0 Å². The van der Waals surface area contributed by atoms with Gasteiger partial charge in [0.15, 0.2) is 0 Å². The van der Waals surface area contributed by atoms with Crippen LogP contribution in [0.2, 0.25) is 0 Å². The van der Waals surface area contributed by atoms with Crippen molar-refractivity contribution in [1.82, 2.24) is 9.80 Å². The molecular weight excluding hydrogens is 701 g/mol. The van der Waals surface area contributed by atoms with Crippen LogP contribution in [-0.2, 0) is 0 Å². The van der Waals surface area contributed by atoms with Crippen molar-refractivity contribution < 1.29 is 0 Å². The molecule has 18 unspecified atom stereocenters. The van der Waals surface area contributed by atoms with Gasteiger partial charge in [-0.2, -0.15) is 0 Å². The molecule has 2 heteroatoms. The highest BCUT2D eigenvalue weighted by molar-refractivity contribution is 5.11. The number of nitrogens with zero attached hydrogens (tertiary/aromatic N) is 2.